The van der Waals surface area contributed by atoms with Gasteiger partial charge in [-0.1, -0.05) is 13.8 Å². The van der Waals surface area contributed by atoms with Gasteiger partial charge in [0.25, 0.3) is 0 Å². The molecule has 0 spiro atoms. The Bertz CT molecular complexity index is 664. The monoisotopic (exact) mass is 304 g/mol. The molecule has 1 unspecified atom stereocenters. The van der Waals surface area contributed by atoms with E-state index >= 15 is 0 Å². The van der Waals surface area contributed by atoms with Crippen LogP contribution in [0, 0.1) is 19.3 Å². The van der Waals surface area contributed by atoms with Crippen molar-refractivity contribution in [2.75, 3.05) is 0 Å². The Kier molecular flexibility index (Phi) is 3.32. The third kappa shape index (κ3) is 2.57. The summed E-state index contributed by atoms with van der Waals surface area (Å²) in [5.41, 5.74) is 1.74. The topological polar surface area (TPSA) is 43.4 Å². The molecule has 2 heterocycles. The number of rotatable bonds is 1. The minimum atomic E-state index is -0.215. The maximum atomic E-state index is 12.6. The molecule has 1 aliphatic carbocycles. The number of hydrogen-bond acceptors (Lipinski definition) is 4. The van der Waals surface area contributed by atoms with Crippen LogP contribution in [-0.2, 0) is 14.3 Å². The summed E-state index contributed by atoms with van der Waals surface area (Å²) in [6, 6.07) is 2.11. The van der Waals surface area contributed by atoms with Gasteiger partial charge in [0.2, 0.25) is 0 Å². The van der Waals surface area contributed by atoms with Gasteiger partial charge in [-0.2, -0.15) is 0 Å². The Morgan fingerprint density at radius 2 is 1.95 bits per heavy atom. The molecule has 1 aliphatic heterocycles. The van der Waals surface area contributed by atoms with Crippen molar-refractivity contribution in [3.05, 3.63) is 32.7 Å². The van der Waals surface area contributed by atoms with Crippen LogP contribution in [0.4, 0.5) is 0 Å². The van der Waals surface area contributed by atoms with E-state index in [2.05, 4.69) is 19.9 Å². The van der Waals surface area contributed by atoms with Crippen LogP contribution >= 0.6 is 11.3 Å². The van der Waals surface area contributed by atoms with E-state index in [1.54, 1.807) is 11.3 Å². The first-order valence-corrected chi connectivity index (χ1v) is 8.12. The highest BCUT2D eigenvalue weighted by atomic mass is 32.1. The second kappa shape index (κ2) is 4.80. The van der Waals surface area contributed by atoms with E-state index in [1.807, 2.05) is 13.8 Å². The number of carbonyl (C=O) groups excluding carboxylic acids is 2. The Morgan fingerprint density at radius 1 is 1.24 bits per heavy atom. The Hall–Kier alpha value is -1.42. The molecule has 3 nitrogen and oxygen atoms in total. The highest BCUT2D eigenvalue weighted by Gasteiger charge is 2.42. The largest absolute Gasteiger partial charge is 0.431 e. The van der Waals surface area contributed by atoms with Crippen LogP contribution in [-0.4, -0.2) is 11.8 Å². The molecule has 112 valence electrons. The van der Waals surface area contributed by atoms with Crippen molar-refractivity contribution < 1.29 is 14.3 Å². The van der Waals surface area contributed by atoms with Gasteiger partial charge in [-0.15, -0.1) is 11.3 Å². The van der Waals surface area contributed by atoms with Crippen LogP contribution in [0.3, 0.4) is 0 Å². The van der Waals surface area contributed by atoms with Gasteiger partial charge in [0, 0.05) is 34.1 Å². The van der Waals surface area contributed by atoms with Crippen LogP contribution in [0.25, 0.3) is 0 Å². The lowest BCUT2D eigenvalue weighted by molar-refractivity contribution is -0.142. The number of carbonyl (C=O) groups is 2. The molecule has 0 amide bonds. The lowest BCUT2D eigenvalue weighted by Gasteiger charge is -2.36. The van der Waals surface area contributed by atoms with E-state index in [4.69, 9.17) is 4.74 Å². The van der Waals surface area contributed by atoms with Crippen molar-refractivity contribution in [3.63, 3.8) is 0 Å². The normalized spacial score (nSPS) is 24.9. The second-order valence-electron chi connectivity index (χ2n) is 6.88. The maximum absolute atomic E-state index is 12.6. The van der Waals surface area contributed by atoms with Crippen LogP contribution < -0.4 is 0 Å². The van der Waals surface area contributed by atoms with Crippen molar-refractivity contribution in [2.24, 2.45) is 5.41 Å². The Morgan fingerprint density at radius 3 is 2.57 bits per heavy atom. The van der Waals surface area contributed by atoms with E-state index in [0.717, 1.165) is 11.1 Å². The first kappa shape index (κ1) is 14.5. The minimum absolute atomic E-state index is 0.116. The van der Waals surface area contributed by atoms with Gasteiger partial charge in [0.05, 0.1) is 6.42 Å². The van der Waals surface area contributed by atoms with Crippen LogP contribution in [0.2, 0.25) is 0 Å². The van der Waals surface area contributed by atoms with Crippen LogP contribution in [0.5, 0.6) is 0 Å². The average Bonchev–Trinajstić information content (AvgIpc) is 2.64. The van der Waals surface area contributed by atoms with Gasteiger partial charge in [0.1, 0.15) is 5.76 Å². The molecule has 0 radical (unpaired) electrons. The van der Waals surface area contributed by atoms with Gasteiger partial charge in [-0.05, 0) is 30.9 Å². The maximum Gasteiger partial charge on any atom is 0.311 e. The molecule has 0 N–H and O–H groups in total. The number of thiophene rings is 1. The minimum Gasteiger partial charge on any atom is -0.431 e. The number of hydrogen-bond donors (Lipinski definition) is 0. The van der Waals surface area contributed by atoms with E-state index in [-0.39, 0.29) is 29.5 Å². The van der Waals surface area contributed by atoms with Crippen molar-refractivity contribution in [1.82, 2.24) is 0 Å². The Balaban J connectivity index is 2.10. The predicted molar refractivity (Wildman–Crippen MR) is 82.3 cm³/mol. The standard InChI is InChI=1S/C17H20O3S/c1-9-5-11(10(2)21-9)12-6-15(19)20-14-8-17(3,4)7-13(18)16(12)14/h5,12H,6-8H2,1-4H3. The fraction of sp³-hybridized carbons (Fsp3) is 0.529. The van der Waals surface area contributed by atoms with E-state index in [1.165, 1.54) is 9.75 Å². The molecule has 4 heteroatoms. The lowest BCUT2D eigenvalue weighted by atomic mass is 9.71. The fourth-order valence-corrected chi connectivity index (χ4v) is 4.46. The summed E-state index contributed by atoms with van der Waals surface area (Å²) >= 11 is 1.72. The van der Waals surface area contributed by atoms with Crippen molar-refractivity contribution in [2.45, 2.75) is 52.9 Å². The van der Waals surface area contributed by atoms with Crippen molar-refractivity contribution in [1.29, 1.82) is 0 Å². The summed E-state index contributed by atoms with van der Waals surface area (Å²) in [5, 5.41) is 0. The molecule has 21 heavy (non-hydrogen) atoms. The molecule has 0 saturated heterocycles. The van der Waals surface area contributed by atoms with Gasteiger partial charge < -0.3 is 4.74 Å². The van der Waals surface area contributed by atoms with Gasteiger partial charge in [-0.25, -0.2) is 0 Å². The number of ketones is 1. The van der Waals surface area contributed by atoms with Crippen molar-refractivity contribution >= 4 is 23.1 Å². The third-order valence-electron chi connectivity index (χ3n) is 4.29. The number of esters is 1. The molecule has 0 bridgehead atoms. The van der Waals surface area contributed by atoms with Crippen molar-refractivity contribution in [3.8, 4) is 0 Å². The number of aryl methyl sites for hydroxylation is 2. The van der Waals surface area contributed by atoms with Crippen LogP contribution in [0.1, 0.15) is 54.3 Å². The summed E-state index contributed by atoms with van der Waals surface area (Å²) < 4.78 is 5.42. The summed E-state index contributed by atoms with van der Waals surface area (Å²) in [6.07, 6.45) is 1.47. The molecular weight excluding hydrogens is 284 g/mol. The van der Waals surface area contributed by atoms with E-state index < -0.39 is 0 Å². The second-order valence-corrected chi connectivity index (χ2v) is 8.34. The van der Waals surface area contributed by atoms with Gasteiger partial charge >= 0.3 is 5.97 Å². The van der Waals surface area contributed by atoms with Gasteiger partial charge in [-0.3, -0.25) is 9.59 Å². The number of allylic oxidation sites excluding steroid dienone is 2. The highest BCUT2D eigenvalue weighted by Crippen LogP contribution is 2.47. The van der Waals surface area contributed by atoms with E-state index in [9.17, 15) is 9.59 Å². The molecule has 0 saturated carbocycles. The molecule has 1 atom stereocenters. The molecule has 3 rings (SSSR count). The molecular formula is C17H20O3S. The number of Topliss-reactive ketones (excluding diaryl/α,β-unsaturated/α-hetero) is 1. The molecule has 0 aromatic carbocycles. The molecule has 1 aromatic rings. The zero-order valence-corrected chi connectivity index (χ0v) is 13.7. The number of ether oxygens (including phenoxy) is 1. The molecule has 1 aromatic heterocycles. The van der Waals surface area contributed by atoms with Gasteiger partial charge in [0.15, 0.2) is 5.78 Å². The molecule has 0 fully saturated rings. The Labute approximate surface area is 129 Å². The first-order valence-electron chi connectivity index (χ1n) is 7.31. The first-order chi connectivity index (χ1) is 9.77. The summed E-state index contributed by atoms with van der Waals surface area (Å²) in [5.74, 6) is 0.421. The quantitative estimate of drug-likeness (QED) is 0.735. The third-order valence-corrected chi connectivity index (χ3v) is 5.27. The summed E-state index contributed by atoms with van der Waals surface area (Å²) in [6.45, 7) is 8.21. The smallest absolute Gasteiger partial charge is 0.311 e. The zero-order valence-electron chi connectivity index (χ0n) is 12.9. The highest BCUT2D eigenvalue weighted by molar-refractivity contribution is 7.12. The lowest BCUT2D eigenvalue weighted by Crippen LogP contribution is -2.33. The van der Waals surface area contributed by atoms with Crippen LogP contribution in [0.15, 0.2) is 17.4 Å². The zero-order chi connectivity index (χ0) is 15.4. The summed E-state index contributed by atoms with van der Waals surface area (Å²) in [7, 11) is 0. The molecule has 2 aliphatic rings. The average molecular weight is 304 g/mol. The predicted octanol–water partition coefficient (Wildman–Crippen LogP) is 4.04. The SMILES string of the molecule is Cc1cc(C2CC(=O)OC3=C2C(=O)CC(C)(C)C3)c(C)s1. The summed E-state index contributed by atoms with van der Waals surface area (Å²) in [4.78, 5) is 27.0. The fourth-order valence-electron chi connectivity index (χ4n) is 3.47. The van der Waals surface area contributed by atoms with E-state index in [0.29, 0.717) is 18.6 Å².